The number of nitrogens with one attached hydrogen (secondary N) is 1. The molecular formula is C20H17F3N4O3S. The zero-order valence-corrected chi connectivity index (χ0v) is 17.2. The number of rotatable bonds is 5. The molecule has 0 saturated heterocycles. The predicted molar refractivity (Wildman–Crippen MR) is 105 cm³/mol. The molecule has 3 rings (SSSR count). The molecule has 0 spiro atoms. The number of imidazole rings is 1. The van der Waals surface area contributed by atoms with Gasteiger partial charge in [-0.15, -0.1) is 0 Å². The Morgan fingerprint density at radius 1 is 1.42 bits per heavy atom. The van der Waals surface area contributed by atoms with Crippen LogP contribution in [0.1, 0.15) is 24.0 Å². The Hall–Kier alpha value is -3.23. The number of nitriles is 1. The van der Waals surface area contributed by atoms with E-state index in [1.54, 1.807) is 13.2 Å². The quantitative estimate of drug-likeness (QED) is 0.677. The number of carbonyl (C=O) groups is 1. The van der Waals surface area contributed by atoms with Crippen LogP contribution in [-0.4, -0.2) is 30.9 Å². The lowest BCUT2D eigenvalue weighted by atomic mass is 9.79. The van der Waals surface area contributed by atoms with Crippen LogP contribution in [0.2, 0.25) is 0 Å². The predicted octanol–water partition coefficient (Wildman–Crippen LogP) is 3.07. The summed E-state index contributed by atoms with van der Waals surface area (Å²) in [6, 6.07) is 6.37. The topological polar surface area (TPSA) is 114 Å². The molecule has 1 aliphatic rings. The number of carboxylic acid groups (broad SMARTS) is 1. The van der Waals surface area contributed by atoms with Crippen molar-refractivity contribution in [3.05, 3.63) is 70.3 Å². The van der Waals surface area contributed by atoms with Gasteiger partial charge in [-0.05, 0) is 18.6 Å². The van der Waals surface area contributed by atoms with Crippen LogP contribution in [-0.2, 0) is 29.2 Å². The first kappa shape index (κ1) is 22.5. The third kappa shape index (κ3) is 4.30. The van der Waals surface area contributed by atoms with E-state index in [2.05, 4.69) is 10.3 Å². The van der Waals surface area contributed by atoms with E-state index in [1.807, 2.05) is 6.07 Å². The number of aromatic nitrogens is 2. The molecule has 31 heavy (non-hydrogen) atoms. The molecular weight excluding hydrogens is 433 g/mol. The minimum Gasteiger partial charge on any atom is -0.609 e. The standard InChI is InChI=1S/C20H17F3N4O3S/c1-11-13(9-24)16(12-5-3-4-6-14(12)20(21,22)23)17(18(28)29)15(26-11)10-31(30)19-25-7-8-27(19)2/h3-8,16,26H,10H2,1-2H3,(H,28,29). The van der Waals surface area contributed by atoms with Crippen molar-refractivity contribution >= 4 is 17.1 Å². The lowest BCUT2D eigenvalue weighted by Crippen LogP contribution is -2.33. The number of nitrogens with zero attached hydrogens (tertiary/aromatic N) is 3. The van der Waals surface area contributed by atoms with E-state index in [0.29, 0.717) is 0 Å². The van der Waals surface area contributed by atoms with E-state index in [1.165, 1.54) is 29.8 Å². The van der Waals surface area contributed by atoms with E-state index in [-0.39, 0.29) is 33.4 Å². The molecule has 0 aliphatic carbocycles. The van der Waals surface area contributed by atoms with Gasteiger partial charge >= 0.3 is 17.3 Å². The maximum Gasteiger partial charge on any atom is 0.416 e. The van der Waals surface area contributed by atoms with E-state index in [4.69, 9.17) is 0 Å². The third-order valence-corrected chi connectivity index (χ3v) is 6.18. The molecule has 1 aliphatic heterocycles. The largest absolute Gasteiger partial charge is 0.609 e. The van der Waals surface area contributed by atoms with Crippen LogP contribution in [0, 0.1) is 11.3 Å². The highest BCUT2D eigenvalue weighted by molar-refractivity contribution is 7.91. The Kier molecular flexibility index (Phi) is 6.15. The first-order valence-electron chi connectivity index (χ1n) is 8.92. The lowest BCUT2D eigenvalue weighted by molar-refractivity contribution is -0.139. The van der Waals surface area contributed by atoms with E-state index < -0.39 is 40.4 Å². The second kappa shape index (κ2) is 8.49. The summed E-state index contributed by atoms with van der Waals surface area (Å²) >= 11 is -1.78. The van der Waals surface area contributed by atoms with Crippen molar-refractivity contribution in [1.29, 1.82) is 5.26 Å². The van der Waals surface area contributed by atoms with Gasteiger partial charge in [-0.2, -0.15) is 23.4 Å². The van der Waals surface area contributed by atoms with E-state index >= 15 is 0 Å². The smallest absolute Gasteiger partial charge is 0.416 e. The van der Waals surface area contributed by atoms with Crippen molar-refractivity contribution in [2.45, 2.75) is 24.2 Å². The van der Waals surface area contributed by atoms with Crippen molar-refractivity contribution in [3.63, 3.8) is 0 Å². The van der Waals surface area contributed by atoms with Crippen molar-refractivity contribution < 1.29 is 27.6 Å². The second-order valence-corrected chi connectivity index (χ2v) is 8.15. The molecule has 2 atom stereocenters. The van der Waals surface area contributed by atoms with Crippen LogP contribution in [0.25, 0.3) is 0 Å². The van der Waals surface area contributed by atoms with Gasteiger partial charge in [0.15, 0.2) is 5.75 Å². The summed E-state index contributed by atoms with van der Waals surface area (Å²) < 4.78 is 55.3. The second-order valence-electron chi connectivity index (χ2n) is 6.80. The SMILES string of the molecule is CC1=C(C#N)C(c2ccccc2C(F)(F)F)C(C(=O)O)=C(C[S+]([O-])c2nccn2C)N1. The highest BCUT2D eigenvalue weighted by atomic mass is 32.2. The summed E-state index contributed by atoms with van der Waals surface area (Å²) in [6.45, 7) is 1.46. The van der Waals surface area contributed by atoms with Gasteiger partial charge in [-0.25, -0.2) is 4.79 Å². The van der Waals surface area contributed by atoms with Gasteiger partial charge in [0.25, 0.3) is 0 Å². The Bertz CT molecular complexity index is 1130. The molecule has 11 heteroatoms. The maximum atomic E-state index is 13.7. The van der Waals surface area contributed by atoms with Crippen LogP contribution in [0.5, 0.6) is 0 Å². The number of alkyl halides is 3. The van der Waals surface area contributed by atoms with Gasteiger partial charge in [0.1, 0.15) is 0 Å². The summed E-state index contributed by atoms with van der Waals surface area (Å²) in [5.41, 5.74) is -1.84. The van der Waals surface area contributed by atoms with Crippen molar-refractivity contribution in [2.75, 3.05) is 5.75 Å². The molecule has 2 unspecified atom stereocenters. The van der Waals surface area contributed by atoms with Gasteiger partial charge in [-0.1, -0.05) is 18.2 Å². The average molecular weight is 450 g/mol. The fraction of sp³-hybridized carbons (Fsp3) is 0.250. The first-order chi connectivity index (χ1) is 14.6. The first-order valence-corrected chi connectivity index (χ1v) is 10.2. The van der Waals surface area contributed by atoms with Crippen LogP contribution in [0.3, 0.4) is 0 Å². The van der Waals surface area contributed by atoms with Crippen LogP contribution in [0.4, 0.5) is 13.2 Å². The number of aryl methyl sites for hydroxylation is 1. The molecule has 162 valence electrons. The average Bonchev–Trinajstić information content (AvgIpc) is 3.12. The number of halogens is 3. The number of allylic oxidation sites excluding steroid dienone is 2. The monoisotopic (exact) mass is 450 g/mol. The zero-order valence-electron chi connectivity index (χ0n) is 16.4. The lowest BCUT2D eigenvalue weighted by Gasteiger charge is -2.30. The molecule has 2 aromatic rings. The molecule has 1 aromatic carbocycles. The summed E-state index contributed by atoms with van der Waals surface area (Å²) in [4.78, 5) is 16.2. The number of hydrogen-bond donors (Lipinski definition) is 2. The van der Waals surface area contributed by atoms with E-state index in [9.17, 15) is 32.9 Å². The number of carboxylic acids is 1. The molecule has 7 nitrogen and oxygen atoms in total. The number of aliphatic carboxylic acids is 1. The number of dihydropyridines is 1. The van der Waals surface area contributed by atoms with Crippen LogP contribution in [0.15, 0.2) is 64.4 Å². The van der Waals surface area contributed by atoms with Crippen LogP contribution >= 0.6 is 0 Å². The van der Waals surface area contributed by atoms with Gasteiger partial charge in [0.2, 0.25) is 0 Å². The highest BCUT2D eigenvalue weighted by Crippen LogP contribution is 2.43. The molecule has 0 bridgehead atoms. The number of hydrogen-bond acceptors (Lipinski definition) is 5. The summed E-state index contributed by atoms with van der Waals surface area (Å²) in [5, 5.41) is 22.5. The van der Waals surface area contributed by atoms with Gasteiger partial charge in [-0.3, -0.25) is 4.57 Å². The maximum absolute atomic E-state index is 13.7. The fourth-order valence-corrected chi connectivity index (χ4v) is 4.68. The molecule has 0 fully saturated rings. The minimum absolute atomic E-state index is 0.0349. The number of benzene rings is 1. The molecule has 0 radical (unpaired) electrons. The third-order valence-electron chi connectivity index (χ3n) is 4.83. The summed E-state index contributed by atoms with van der Waals surface area (Å²) in [5.74, 6) is -3.32. The van der Waals surface area contributed by atoms with Gasteiger partial charge < -0.3 is 15.0 Å². The van der Waals surface area contributed by atoms with Crippen molar-refractivity contribution in [3.8, 4) is 6.07 Å². The van der Waals surface area contributed by atoms with Crippen molar-refractivity contribution in [2.24, 2.45) is 7.05 Å². The van der Waals surface area contributed by atoms with E-state index in [0.717, 1.165) is 12.1 Å². The van der Waals surface area contributed by atoms with Gasteiger partial charge in [0.05, 0.1) is 40.6 Å². The Labute approximate surface area is 178 Å². The minimum atomic E-state index is -4.75. The summed E-state index contributed by atoms with van der Waals surface area (Å²) in [6.07, 6.45) is -1.76. The molecule has 2 heterocycles. The molecule has 0 saturated carbocycles. The Balaban J connectivity index is 2.20. The Morgan fingerprint density at radius 3 is 2.65 bits per heavy atom. The molecule has 0 amide bonds. The van der Waals surface area contributed by atoms with Crippen LogP contribution < -0.4 is 5.32 Å². The highest BCUT2D eigenvalue weighted by Gasteiger charge is 2.42. The van der Waals surface area contributed by atoms with Gasteiger partial charge in [0, 0.05) is 30.1 Å². The zero-order chi connectivity index (χ0) is 22.9. The van der Waals surface area contributed by atoms with Crippen molar-refractivity contribution in [1.82, 2.24) is 14.9 Å². The fourth-order valence-electron chi connectivity index (χ4n) is 3.50. The molecule has 1 aromatic heterocycles. The summed E-state index contributed by atoms with van der Waals surface area (Å²) in [7, 11) is 1.61. The molecule has 2 N–H and O–H groups in total. The normalized spacial score (nSPS) is 17.9. The Morgan fingerprint density at radius 2 is 2.10 bits per heavy atom.